The van der Waals surface area contributed by atoms with Crippen LogP contribution in [0.2, 0.25) is 0 Å². The third-order valence-electron chi connectivity index (χ3n) is 16.8. The van der Waals surface area contributed by atoms with E-state index < -0.39 is 130 Å². The molecule has 2 fully saturated rings. The molecule has 6 rings (SSSR count). The van der Waals surface area contributed by atoms with Crippen LogP contribution in [-0.4, -0.2) is 166 Å². The molecule has 22 nitrogen and oxygen atoms in total. The smallest absolute Gasteiger partial charge is 0.410 e. The molecule has 4 aliphatic rings. The Bertz CT molecular complexity index is 2680. The molecule has 6 N–H and O–H groups in total. The van der Waals surface area contributed by atoms with E-state index in [2.05, 4.69) is 31.9 Å². The predicted molar refractivity (Wildman–Crippen MR) is 328 cm³/mol. The Morgan fingerprint density at radius 1 is 0.529 bits per heavy atom. The molecule has 22 heteroatoms. The molecular weight excluding hydrogens is 1110 g/mol. The molecule has 2 aromatic carbocycles. The SMILES string of the molecule is C[C@@H](C(=O)N[C@H](C(=O)N1C[C@@H](NC(=O)CCCC(=O)N[C@H]2C[C@@H](C(=O)N[C@@H]3CCCc4ccccc43)N(C(=O)[C@@H](NC(=O)[C@H](C)N(C)C(=O)OC(C)(C)C)C(C)(C)C)C2)C[C@H]1C(=O)N[C@@H]1CCCc2ccccc21)C(C)(C)C)N(C)C(=O)OC(C)(C)C. The van der Waals surface area contributed by atoms with Gasteiger partial charge in [-0.3, -0.25) is 48.2 Å². The minimum Gasteiger partial charge on any atom is -0.444 e. The van der Waals surface area contributed by atoms with Crippen molar-refractivity contribution in [3.05, 3.63) is 70.8 Å². The molecule has 2 aromatic rings. The summed E-state index contributed by atoms with van der Waals surface area (Å²) in [6, 6.07) is 7.42. The number of hydrogen-bond acceptors (Lipinski definition) is 12. The van der Waals surface area contributed by atoms with Gasteiger partial charge in [-0.05, 0) is 146 Å². The number of nitrogens with zero attached hydrogens (tertiary/aromatic N) is 4. The highest BCUT2D eigenvalue weighted by atomic mass is 16.6. The summed E-state index contributed by atoms with van der Waals surface area (Å²) in [6.07, 6.45) is 3.47. The van der Waals surface area contributed by atoms with Gasteiger partial charge in [0.1, 0.15) is 47.5 Å². The normalized spacial score (nSPS) is 21.7. The van der Waals surface area contributed by atoms with Crippen LogP contribution in [0.4, 0.5) is 9.59 Å². The molecule has 480 valence electrons. The largest absolute Gasteiger partial charge is 0.444 e. The fraction of sp³-hybridized carbons (Fsp3) is 0.662. The Morgan fingerprint density at radius 2 is 0.874 bits per heavy atom. The fourth-order valence-electron chi connectivity index (χ4n) is 11.7. The highest BCUT2D eigenvalue weighted by Gasteiger charge is 2.49. The maximum absolute atomic E-state index is 14.9. The van der Waals surface area contributed by atoms with Gasteiger partial charge in [-0.2, -0.15) is 0 Å². The third kappa shape index (κ3) is 18.4. The molecular formula is C65H98N10O12. The summed E-state index contributed by atoms with van der Waals surface area (Å²) >= 11 is 0. The van der Waals surface area contributed by atoms with Crippen LogP contribution in [0.25, 0.3) is 0 Å². The van der Waals surface area contributed by atoms with Gasteiger partial charge in [0.15, 0.2) is 0 Å². The van der Waals surface area contributed by atoms with E-state index in [1.54, 1.807) is 83.1 Å². The van der Waals surface area contributed by atoms with E-state index in [9.17, 15) is 47.9 Å². The molecule has 0 aromatic heterocycles. The standard InChI is InChI=1S/C65H98N10O12/c1-38(72(15)60(84)86-64(9,10)11)54(78)70-52(62(3,4)5)58(82)74-36-42(34-48(74)56(80)68-46-30-21-26-40-24-17-19-28-44(40)46)66-50(76)32-23-33-51(77)67-43-35-49(57(81)69-47-31-22-27-41-25-18-20-29-45(41)47)75(37-43)59(83)53(63(6,7)8)71-55(79)39(2)73(16)61(85)87-65(12,13)14/h17-20,24-25,28-29,38-39,42-43,46-49,52-53H,21-23,26-27,30-37H2,1-16H3,(H,66,76)(H,67,77)(H,68,80)(H,69,81)(H,70,78)(H,71,79)/t38-,39-,42-,43-,46+,47+,48-,49-,52+,53+/m0/s1. The molecule has 0 bridgehead atoms. The molecule has 87 heavy (non-hydrogen) atoms. The van der Waals surface area contributed by atoms with Gasteiger partial charge in [0.2, 0.25) is 47.3 Å². The molecule has 10 atom stereocenters. The lowest BCUT2D eigenvalue weighted by atomic mass is 9.85. The van der Waals surface area contributed by atoms with Crippen molar-refractivity contribution in [3.8, 4) is 0 Å². The Hall–Kier alpha value is -7.26. The summed E-state index contributed by atoms with van der Waals surface area (Å²) in [5.41, 5.74) is 0.880. The summed E-state index contributed by atoms with van der Waals surface area (Å²) in [7, 11) is 2.87. The molecule has 0 unspecified atom stereocenters. The second kappa shape index (κ2) is 28.3. The van der Waals surface area contributed by atoms with Gasteiger partial charge in [0, 0.05) is 52.1 Å². The number of aryl methyl sites for hydroxylation is 2. The lowest BCUT2D eigenvalue weighted by molar-refractivity contribution is -0.144. The molecule has 0 spiro atoms. The van der Waals surface area contributed by atoms with Crippen molar-refractivity contribution in [2.24, 2.45) is 10.8 Å². The topological polar surface area (TPSA) is 274 Å². The number of carbonyl (C=O) groups excluding carboxylic acids is 10. The highest BCUT2D eigenvalue weighted by molar-refractivity contribution is 5.96. The number of ether oxygens (including phenoxy) is 2. The molecule has 0 saturated carbocycles. The van der Waals surface area contributed by atoms with Crippen LogP contribution < -0.4 is 31.9 Å². The second-order valence-corrected chi connectivity index (χ2v) is 28.3. The molecule has 2 saturated heterocycles. The first-order chi connectivity index (χ1) is 40.4. The van der Waals surface area contributed by atoms with Gasteiger partial charge >= 0.3 is 12.2 Å². The van der Waals surface area contributed by atoms with Crippen LogP contribution in [-0.2, 0) is 60.7 Å². The number of benzene rings is 2. The van der Waals surface area contributed by atoms with Crippen LogP contribution in [0.1, 0.15) is 189 Å². The van der Waals surface area contributed by atoms with E-state index in [4.69, 9.17) is 9.47 Å². The van der Waals surface area contributed by atoms with Crippen molar-refractivity contribution in [1.29, 1.82) is 0 Å². The summed E-state index contributed by atoms with van der Waals surface area (Å²) < 4.78 is 11.0. The van der Waals surface area contributed by atoms with Crippen LogP contribution in [0, 0.1) is 10.8 Å². The average Bonchev–Trinajstić information content (AvgIpc) is 1.99. The van der Waals surface area contributed by atoms with Crippen molar-refractivity contribution in [3.63, 3.8) is 0 Å². The Kier molecular flexibility index (Phi) is 22.4. The Morgan fingerprint density at radius 3 is 1.21 bits per heavy atom. The van der Waals surface area contributed by atoms with E-state index in [0.29, 0.717) is 12.8 Å². The summed E-state index contributed by atoms with van der Waals surface area (Å²) in [4.78, 5) is 145. The molecule has 10 amide bonds. The predicted octanol–water partition coefficient (Wildman–Crippen LogP) is 6.29. The zero-order valence-corrected chi connectivity index (χ0v) is 54.3. The van der Waals surface area contributed by atoms with Crippen molar-refractivity contribution < 1.29 is 57.4 Å². The van der Waals surface area contributed by atoms with Crippen LogP contribution >= 0.6 is 0 Å². The second-order valence-electron chi connectivity index (χ2n) is 28.3. The van der Waals surface area contributed by atoms with Crippen molar-refractivity contribution in [2.45, 2.75) is 239 Å². The zero-order chi connectivity index (χ0) is 64.7. The first kappa shape index (κ1) is 68.8. The monoisotopic (exact) mass is 1210 g/mol. The first-order valence-corrected chi connectivity index (χ1v) is 30.9. The zero-order valence-electron chi connectivity index (χ0n) is 54.3. The van der Waals surface area contributed by atoms with Gasteiger partial charge in [-0.1, -0.05) is 90.1 Å². The number of rotatable bonds is 18. The molecule has 0 radical (unpaired) electrons. The number of fused-ring (bicyclic) bond motifs is 2. The molecule has 2 aliphatic heterocycles. The number of likely N-dealkylation sites (tertiary alicyclic amines) is 2. The summed E-state index contributed by atoms with van der Waals surface area (Å²) in [5, 5.41) is 18.1. The van der Waals surface area contributed by atoms with Crippen molar-refractivity contribution in [1.82, 2.24) is 51.5 Å². The minimum atomic E-state index is -1.16. The lowest BCUT2D eigenvalue weighted by Crippen LogP contribution is -2.60. The molecule has 2 aliphatic carbocycles. The molecule has 2 heterocycles. The lowest BCUT2D eigenvalue weighted by Gasteiger charge is -2.37. The quantitative estimate of drug-likeness (QED) is 0.0962. The average molecular weight is 1210 g/mol. The van der Waals surface area contributed by atoms with Crippen LogP contribution in [0.3, 0.4) is 0 Å². The van der Waals surface area contributed by atoms with Crippen LogP contribution in [0.15, 0.2) is 48.5 Å². The van der Waals surface area contributed by atoms with E-state index >= 15 is 0 Å². The summed E-state index contributed by atoms with van der Waals surface area (Å²) in [5.74, 6) is -3.93. The number of carbonyl (C=O) groups is 10. The highest BCUT2D eigenvalue weighted by Crippen LogP contribution is 2.34. The number of nitrogens with one attached hydrogen (secondary N) is 6. The first-order valence-electron chi connectivity index (χ1n) is 30.9. The van der Waals surface area contributed by atoms with Gasteiger partial charge in [0.05, 0.1) is 12.1 Å². The fourth-order valence-corrected chi connectivity index (χ4v) is 11.7. The van der Waals surface area contributed by atoms with E-state index in [-0.39, 0.29) is 57.3 Å². The van der Waals surface area contributed by atoms with Gasteiger partial charge < -0.3 is 51.2 Å². The number of hydrogen-bond donors (Lipinski definition) is 6. The number of likely N-dealkylation sites (N-methyl/N-ethyl adjacent to an activating group) is 2. The van der Waals surface area contributed by atoms with Gasteiger partial charge in [-0.25, -0.2) is 9.59 Å². The minimum absolute atomic E-state index is 0.0545. The van der Waals surface area contributed by atoms with Gasteiger partial charge in [-0.15, -0.1) is 0 Å². The van der Waals surface area contributed by atoms with Crippen LogP contribution in [0.5, 0.6) is 0 Å². The summed E-state index contributed by atoms with van der Waals surface area (Å²) in [6.45, 7) is 24.0. The maximum Gasteiger partial charge on any atom is 0.410 e. The van der Waals surface area contributed by atoms with Crippen molar-refractivity contribution in [2.75, 3.05) is 27.2 Å². The van der Waals surface area contributed by atoms with E-state index in [0.717, 1.165) is 57.7 Å². The van der Waals surface area contributed by atoms with E-state index in [1.807, 2.05) is 48.5 Å². The maximum atomic E-state index is 14.9. The Balaban J connectivity index is 1.14. The third-order valence-corrected chi connectivity index (χ3v) is 16.8. The number of amides is 10. The van der Waals surface area contributed by atoms with E-state index in [1.165, 1.54) is 37.7 Å². The Labute approximate surface area is 514 Å². The van der Waals surface area contributed by atoms with Gasteiger partial charge in [0.25, 0.3) is 0 Å². The van der Waals surface area contributed by atoms with Crippen molar-refractivity contribution >= 4 is 59.4 Å².